The lowest BCUT2D eigenvalue weighted by Gasteiger charge is -2.37. The highest BCUT2D eigenvalue weighted by molar-refractivity contribution is 7.89. The van der Waals surface area contributed by atoms with Gasteiger partial charge in [0.25, 0.3) is 0 Å². The van der Waals surface area contributed by atoms with Gasteiger partial charge in [0.05, 0.1) is 23.0 Å². The number of sulfonamides is 1. The lowest BCUT2D eigenvalue weighted by molar-refractivity contribution is 0.279. The van der Waals surface area contributed by atoms with Gasteiger partial charge in [-0.15, -0.1) is 0 Å². The number of aryl methyl sites for hydroxylation is 1. The molecule has 3 fully saturated rings. The SMILES string of the molecule is [2H]C([2H])([2H])c1ccc(S(=O)(=O)NC23CNC(C2)C3)cc1-c1cnc(N)c(-c2cnco2)n1. The molecule has 6 rings (SSSR count). The van der Waals surface area contributed by atoms with Crippen LogP contribution in [0.3, 0.4) is 0 Å². The Hall–Kier alpha value is -2.82. The summed E-state index contributed by atoms with van der Waals surface area (Å²) >= 11 is 0. The minimum absolute atomic E-state index is 0.0509. The highest BCUT2D eigenvalue weighted by Gasteiger charge is 2.52. The van der Waals surface area contributed by atoms with E-state index in [1.54, 1.807) is 0 Å². The molecule has 2 aromatic heterocycles. The largest absolute Gasteiger partial charge is 0.442 e. The van der Waals surface area contributed by atoms with Gasteiger partial charge in [0.2, 0.25) is 10.0 Å². The summed E-state index contributed by atoms with van der Waals surface area (Å²) in [6.45, 7) is -1.93. The average molecular weight is 415 g/mol. The Balaban J connectivity index is 1.60. The predicted octanol–water partition coefficient (Wildman–Crippen LogP) is 1.47. The molecule has 0 amide bonds. The minimum Gasteiger partial charge on any atom is -0.442 e. The molecular formula is C19H20N6O3S. The van der Waals surface area contributed by atoms with Gasteiger partial charge in [-0.3, -0.25) is 0 Å². The van der Waals surface area contributed by atoms with Crippen LogP contribution in [-0.4, -0.2) is 41.5 Å². The average Bonchev–Trinajstić information content (AvgIpc) is 3.44. The third-order valence-corrected chi connectivity index (χ3v) is 6.97. The molecule has 4 heterocycles. The van der Waals surface area contributed by atoms with E-state index in [1.807, 2.05) is 0 Å². The van der Waals surface area contributed by atoms with Crippen LogP contribution < -0.4 is 15.8 Å². The number of hydrogen-bond donors (Lipinski definition) is 3. The van der Waals surface area contributed by atoms with Crippen molar-refractivity contribution in [2.75, 3.05) is 12.3 Å². The van der Waals surface area contributed by atoms with Gasteiger partial charge in [-0.05, 0) is 37.4 Å². The van der Waals surface area contributed by atoms with Crippen LogP contribution in [0.4, 0.5) is 5.82 Å². The first kappa shape index (κ1) is 15.1. The third-order valence-electron chi connectivity index (χ3n) is 5.40. The van der Waals surface area contributed by atoms with Crippen LogP contribution in [0, 0.1) is 6.85 Å². The van der Waals surface area contributed by atoms with E-state index in [0.717, 1.165) is 12.8 Å². The maximum absolute atomic E-state index is 13.1. The maximum Gasteiger partial charge on any atom is 0.241 e. The Morgan fingerprint density at radius 1 is 1.38 bits per heavy atom. The van der Waals surface area contributed by atoms with Crippen molar-refractivity contribution < 1.29 is 16.9 Å². The monoisotopic (exact) mass is 415 g/mol. The van der Waals surface area contributed by atoms with Gasteiger partial charge in [-0.25, -0.2) is 28.1 Å². The first-order chi connectivity index (χ1) is 15.1. The third kappa shape index (κ3) is 3.09. The van der Waals surface area contributed by atoms with Crippen molar-refractivity contribution >= 4 is 15.8 Å². The fourth-order valence-electron chi connectivity index (χ4n) is 3.92. The van der Waals surface area contributed by atoms with Crippen LogP contribution in [0.1, 0.15) is 22.5 Å². The molecule has 10 heteroatoms. The van der Waals surface area contributed by atoms with Gasteiger partial charge < -0.3 is 15.5 Å². The van der Waals surface area contributed by atoms with Crippen molar-refractivity contribution in [3.05, 3.63) is 42.5 Å². The zero-order valence-electron chi connectivity index (χ0n) is 18.2. The smallest absolute Gasteiger partial charge is 0.241 e. The normalized spacial score (nSPS) is 25.1. The quantitative estimate of drug-likeness (QED) is 0.570. The zero-order valence-corrected chi connectivity index (χ0v) is 16.0. The summed E-state index contributed by atoms with van der Waals surface area (Å²) in [6, 6.07) is 4.23. The molecule has 4 N–H and O–H groups in total. The number of rotatable bonds is 5. The van der Waals surface area contributed by atoms with E-state index in [2.05, 4.69) is 25.0 Å². The molecule has 3 aliphatic rings. The molecular weight excluding hydrogens is 392 g/mol. The molecule has 0 spiro atoms. The number of oxazole rings is 1. The van der Waals surface area contributed by atoms with E-state index >= 15 is 0 Å². The molecule has 0 radical (unpaired) electrons. The number of nitrogens with one attached hydrogen (secondary N) is 2. The summed E-state index contributed by atoms with van der Waals surface area (Å²) in [6.07, 6.45) is 5.38. The van der Waals surface area contributed by atoms with Crippen LogP contribution in [-0.2, 0) is 10.0 Å². The number of benzene rings is 1. The van der Waals surface area contributed by atoms with E-state index < -0.39 is 22.4 Å². The van der Waals surface area contributed by atoms with Gasteiger partial charge in [0, 0.05) is 27.8 Å². The van der Waals surface area contributed by atoms with Gasteiger partial charge in [-0.2, -0.15) is 0 Å². The number of nitrogens with zero attached hydrogens (tertiary/aromatic N) is 3. The summed E-state index contributed by atoms with van der Waals surface area (Å²) in [5, 5.41) is 3.25. The molecule has 2 bridgehead atoms. The van der Waals surface area contributed by atoms with E-state index in [9.17, 15) is 8.42 Å². The summed E-state index contributed by atoms with van der Waals surface area (Å²) < 4.78 is 58.0. The minimum atomic E-state index is -3.89. The second-order valence-electron chi connectivity index (χ2n) is 7.43. The highest BCUT2D eigenvalue weighted by Crippen LogP contribution is 2.39. The zero-order chi connectivity index (χ0) is 22.7. The second-order valence-corrected chi connectivity index (χ2v) is 9.12. The molecule has 29 heavy (non-hydrogen) atoms. The standard InChI is InChI=1S/C19H20N6O3S/c1-11-2-3-13(29(26,27)25-19-5-12(6-19)23-9-19)4-14(11)15-7-22-18(20)17(24-15)16-8-21-10-28-16/h2-4,7-8,10,12,23,25H,5-6,9H2,1H3,(H2,20,22)/i1D3. The maximum atomic E-state index is 13.1. The number of nitrogens with two attached hydrogens (primary N) is 1. The predicted molar refractivity (Wildman–Crippen MR) is 106 cm³/mol. The van der Waals surface area contributed by atoms with E-state index in [-0.39, 0.29) is 39.0 Å². The molecule has 1 aromatic carbocycles. The Bertz CT molecular complexity index is 1280. The second kappa shape index (κ2) is 6.34. The summed E-state index contributed by atoms with van der Waals surface area (Å²) in [5.74, 6) is 0.323. The van der Waals surface area contributed by atoms with Crippen molar-refractivity contribution in [3.8, 4) is 22.7 Å². The molecule has 150 valence electrons. The Kier molecular flexibility index (Phi) is 3.30. The Morgan fingerprint density at radius 2 is 2.24 bits per heavy atom. The number of aromatic nitrogens is 3. The lowest BCUT2D eigenvalue weighted by atomic mass is 9.79. The molecule has 1 saturated carbocycles. The van der Waals surface area contributed by atoms with Crippen molar-refractivity contribution in [1.82, 2.24) is 25.0 Å². The number of hydrogen-bond acceptors (Lipinski definition) is 8. The van der Waals surface area contributed by atoms with Crippen LogP contribution in [0.5, 0.6) is 0 Å². The number of fused-ring (bicyclic) bond motifs is 1. The van der Waals surface area contributed by atoms with Gasteiger partial charge >= 0.3 is 0 Å². The van der Waals surface area contributed by atoms with Crippen LogP contribution in [0.15, 0.2) is 46.3 Å². The fourth-order valence-corrected chi connectivity index (χ4v) is 5.37. The van der Waals surface area contributed by atoms with Gasteiger partial charge in [-0.1, -0.05) is 6.07 Å². The summed E-state index contributed by atoms with van der Waals surface area (Å²) in [5.41, 5.74) is 5.81. The Morgan fingerprint density at radius 3 is 2.93 bits per heavy atom. The van der Waals surface area contributed by atoms with E-state index in [0.29, 0.717) is 12.6 Å². The highest BCUT2D eigenvalue weighted by atomic mass is 32.2. The van der Waals surface area contributed by atoms with Crippen LogP contribution >= 0.6 is 0 Å². The Labute approximate surface area is 172 Å². The molecule has 2 aliphatic heterocycles. The van der Waals surface area contributed by atoms with Crippen molar-refractivity contribution in [2.24, 2.45) is 0 Å². The van der Waals surface area contributed by atoms with E-state index in [4.69, 9.17) is 14.3 Å². The van der Waals surface area contributed by atoms with Gasteiger partial charge in [0.1, 0.15) is 0 Å². The first-order valence-electron chi connectivity index (χ1n) is 10.5. The molecule has 2 saturated heterocycles. The van der Waals surface area contributed by atoms with Crippen molar-refractivity contribution in [1.29, 1.82) is 0 Å². The number of anilines is 1. The lowest BCUT2D eigenvalue weighted by Crippen LogP contribution is -2.54. The van der Waals surface area contributed by atoms with E-state index in [1.165, 1.54) is 37.0 Å². The first-order valence-corrected chi connectivity index (χ1v) is 10.5. The van der Waals surface area contributed by atoms with Gasteiger partial charge in [0.15, 0.2) is 23.7 Å². The molecule has 0 unspecified atom stereocenters. The van der Waals surface area contributed by atoms with Crippen LogP contribution in [0.25, 0.3) is 22.7 Å². The fraction of sp³-hybridized carbons (Fsp3) is 0.316. The van der Waals surface area contributed by atoms with Crippen LogP contribution in [0.2, 0.25) is 0 Å². The molecule has 0 atom stereocenters. The molecule has 9 nitrogen and oxygen atoms in total. The van der Waals surface area contributed by atoms with Crippen molar-refractivity contribution in [2.45, 2.75) is 36.2 Å². The van der Waals surface area contributed by atoms with Crippen molar-refractivity contribution in [3.63, 3.8) is 0 Å². The molecule has 3 aromatic rings. The summed E-state index contributed by atoms with van der Waals surface area (Å²) in [7, 11) is -3.89. The number of nitrogen functional groups attached to an aromatic ring is 1. The summed E-state index contributed by atoms with van der Waals surface area (Å²) in [4.78, 5) is 12.3. The molecule has 1 aliphatic carbocycles. The topological polar surface area (TPSA) is 136 Å².